The highest BCUT2D eigenvalue weighted by Gasteiger charge is 2.25. The van der Waals surface area contributed by atoms with Crippen LogP contribution in [0.15, 0.2) is 29.1 Å². The average Bonchev–Trinajstić information content (AvgIpc) is 3.06. The van der Waals surface area contributed by atoms with Gasteiger partial charge in [-0.3, -0.25) is 9.48 Å². The number of thiophene rings is 1. The lowest BCUT2D eigenvalue weighted by atomic mass is 9.99. The van der Waals surface area contributed by atoms with Gasteiger partial charge in [0, 0.05) is 12.2 Å². The van der Waals surface area contributed by atoms with Gasteiger partial charge in [-0.05, 0) is 49.2 Å². The molecule has 0 aromatic carbocycles. The van der Waals surface area contributed by atoms with Crippen LogP contribution in [0.1, 0.15) is 42.9 Å². The lowest BCUT2D eigenvalue weighted by Crippen LogP contribution is -2.39. The average molecular weight is 293 g/mol. The minimum absolute atomic E-state index is 0.114. The molecule has 0 saturated carbocycles. The van der Waals surface area contributed by atoms with E-state index < -0.39 is 5.60 Å². The number of amides is 1. The molecule has 20 heavy (non-hydrogen) atoms. The zero-order chi connectivity index (χ0) is 14.8. The molecule has 2 N–H and O–H groups in total. The molecule has 6 heteroatoms. The first kappa shape index (κ1) is 14.7. The summed E-state index contributed by atoms with van der Waals surface area (Å²) in [6, 6.07) is 3.65. The molecular weight excluding hydrogens is 274 g/mol. The topological polar surface area (TPSA) is 67.2 Å². The first-order chi connectivity index (χ1) is 9.42. The van der Waals surface area contributed by atoms with E-state index in [1.807, 2.05) is 30.7 Å². The third-order valence-electron chi connectivity index (χ3n) is 3.13. The van der Waals surface area contributed by atoms with Crippen LogP contribution in [0.5, 0.6) is 0 Å². The van der Waals surface area contributed by atoms with Gasteiger partial charge in [0.05, 0.1) is 6.54 Å². The number of hydrogen-bond acceptors (Lipinski definition) is 4. The van der Waals surface area contributed by atoms with Crippen molar-refractivity contribution < 1.29 is 9.90 Å². The number of hydrogen-bond donors (Lipinski definition) is 2. The molecule has 2 heterocycles. The van der Waals surface area contributed by atoms with Crippen LogP contribution in [-0.4, -0.2) is 27.3 Å². The van der Waals surface area contributed by atoms with E-state index in [2.05, 4.69) is 10.4 Å². The summed E-state index contributed by atoms with van der Waals surface area (Å²) in [6.45, 7) is 5.78. The minimum atomic E-state index is -1.07. The van der Waals surface area contributed by atoms with Crippen LogP contribution in [-0.2, 0) is 5.60 Å². The monoisotopic (exact) mass is 293 g/mol. The third-order valence-corrected chi connectivity index (χ3v) is 3.81. The van der Waals surface area contributed by atoms with Crippen LogP contribution in [0.4, 0.5) is 0 Å². The summed E-state index contributed by atoms with van der Waals surface area (Å²) in [4.78, 5) is 12.2. The molecule has 0 radical (unpaired) electrons. The highest BCUT2D eigenvalue weighted by molar-refractivity contribution is 7.08. The number of aromatic nitrogens is 2. The molecule has 1 unspecified atom stereocenters. The Bertz CT molecular complexity index is 573. The summed E-state index contributed by atoms with van der Waals surface area (Å²) in [5.74, 6) is -0.230. The molecule has 2 aromatic heterocycles. The predicted octanol–water partition coefficient (Wildman–Crippen LogP) is 2.16. The maximum absolute atomic E-state index is 12.2. The van der Waals surface area contributed by atoms with Crippen molar-refractivity contribution in [2.45, 2.75) is 32.4 Å². The van der Waals surface area contributed by atoms with E-state index in [-0.39, 0.29) is 18.5 Å². The van der Waals surface area contributed by atoms with Crippen molar-refractivity contribution >= 4 is 17.2 Å². The van der Waals surface area contributed by atoms with Gasteiger partial charge in [0.1, 0.15) is 11.3 Å². The van der Waals surface area contributed by atoms with Crippen LogP contribution < -0.4 is 5.32 Å². The number of rotatable bonds is 5. The molecule has 5 nitrogen and oxygen atoms in total. The zero-order valence-corrected chi connectivity index (χ0v) is 12.6. The van der Waals surface area contributed by atoms with Crippen molar-refractivity contribution in [2.75, 3.05) is 6.54 Å². The summed E-state index contributed by atoms with van der Waals surface area (Å²) in [5.41, 5.74) is 0.236. The highest BCUT2D eigenvalue weighted by Crippen LogP contribution is 2.22. The second-order valence-electron chi connectivity index (χ2n) is 5.22. The summed E-state index contributed by atoms with van der Waals surface area (Å²) in [6.07, 6.45) is 1.60. The van der Waals surface area contributed by atoms with E-state index in [1.165, 1.54) is 11.3 Å². The van der Waals surface area contributed by atoms with Crippen LogP contribution >= 0.6 is 11.3 Å². The maximum Gasteiger partial charge on any atom is 0.269 e. The summed E-state index contributed by atoms with van der Waals surface area (Å²) in [7, 11) is 0. The van der Waals surface area contributed by atoms with Gasteiger partial charge >= 0.3 is 0 Å². The molecule has 2 aromatic rings. The second-order valence-corrected chi connectivity index (χ2v) is 6.00. The Morgan fingerprint density at radius 3 is 2.90 bits per heavy atom. The molecule has 0 saturated heterocycles. The Balaban J connectivity index is 2.04. The molecule has 0 aliphatic rings. The zero-order valence-electron chi connectivity index (χ0n) is 11.8. The van der Waals surface area contributed by atoms with Crippen molar-refractivity contribution in [3.8, 4) is 0 Å². The van der Waals surface area contributed by atoms with Crippen LogP contribution in [0.2, 0.25) is 0 Å². The lowest BCUT2D eigenvalue weighted by molar-refractivity contribution is 0.0526. The van der Waals surface area contributed by atoms with Gasteiger partial charge in [-0.15, -0.1) is 0 Å². The van der Waals surface area contributed by atoms with Crippen LogP contribution in [0.25, 0.3) is 0 Å². The van der Waals surface area contributed by atoms with Crippen LogP contribution in [0, 0.1) is 0 Å². The van der Waals surface area contributed by atoms with E-state index in [0.29, 0.717) is 5.69 Å². The van der Waals surface area contributed by atoms with Gasteiger partial charge in [-0.2, -0.15) is 16.4 Å². The Hall–Kier alpha value is -1.66. The van der Waals surface area contributed by atoms with Crippen molar-refractivity contribution in [1.82, 2.24) is 15.1 Å². The van der Waals surface area contributed by atoms with Gasteiger partial charge in [-0.1, -0.05) is 0 Å². The number of nitrogens with one attached hydrogen (secondary N) is 1. The molecular formula is C14H19N3O2S. The second kappa shape index (κ2) is 5.76. The van der Waals surface area contributed by atoms with Gasteiger partial charge in [0.15, 0.2) is 0 Å². The van der Waals surface area contributed by atoms with Gasteiger partial charge in [0.2, 0.25) is 0 Å². The van der Waals surface area contributed by atoms with Gasteiger partial charge in [0.25, 0.3) is 5.91 Å². The van der Waals surface area contributed by atoms with E-state index in [9.17, 15) is 9.90 Å². The molecule has 2 rings (SSSR count). The Kier molecular flexibility index (Phi) is 4.25. The number of carbonyl (C=O) groups excluding carboxylic acids is 1. The van der Waals surface area contributed by atoms with E-state index in [1.54, 1.807) is 23.9 Å². The number of aliphatic hydroxyl groups is 1. The molecule has 0 aliphatic carbocycles. The number of nitrogens with zero attached hydrogens (tertiary/aromatic N) is 2. The van der Waals surface area contributed by atoms with E-state index >= 15 is 0 Å². The molecule has 1 amide bonds. The van der Waals surface area contributed by atoms with Crippen molar-refractivity contribution in [1.29, 1.82) is 0 Å². The summed E-state index contributed by atoms with van der Waals surface area (Å²) in [5, 5.41) is 21.0. The standard InChI is InChI=1S/C14H19N3O2S/c1-10(2)17-12(4-6-16-17)13(18)15-9-14(3,19)11-5-7-20-8-11/h4-8,10,19H,9H2,1-3H3,(H,15,18). The minimum Gasteiger partial charge on any atom is -0.384 e. The van der Waals surface area contributed by atoms with E-state index in [4.69, 9.17) is 0 Å². The smallest absolute Gasteiger partial charge is 0.269 e. The fraction of sp³-hybridized carbons (Fsp3) is 0.429. The van der Waals surface area contributed by atoms with Crippen molar-refractivity contribution in [3.05, 3.63) is 40.3 Å². The molecule has 0 bridgehead atoms. The molecule has 1 atom stereocenters. The summed E-state index contributed by atoms with van der Waals surface area (Å²) >= 11 is 1.52. The van der Waals surface area contributed by atoms with E-state index in [0.717, 1.165) is 5.56 Å². The fourth-order valence-corrected chi connectivity index (χ4v) is 2.70. The largest absolute Gasteiger partial charge is 0.384 e. The Morgan fingerprint density at radius 2 is 2.30 bits per heavy atom. The predicted molar refractivity (Wildman–Crippen MR) is 78.8 cm³/mol. The Labute approximate surface area is 122 Å². The van der Waals surface area contributed by atoms with Gasteiger partial charge in [-0.25, -0.2) is 0 Å². The quantitative estimate of drug-likeness (QED) is 0.887. The van der Waals surface area contributed by atoms with Crippen molar-refractivity contribution in [3.63, 3.8) is 0 Å². The van der Waals surface area contributed by atoms with Crippen molar-refractivity contribution in [2.24, 2.45) is 0 Å². The summed E-state index contributed by atoms with van der Waals surface area (Å²) < 4.78 is 1.66. The highest BCUT2D eigenvalue weighted by atomic mass is 32.1. The SMILES string of the molecule is CC(C)n1nccc1C(=O)NCC(C)(O)c1ccsc1. The Morgan fingerprint density at radius 1 is 1.55 bits per heavy atom. The maximum atomic E-state index is 12.2. The molecule has 0 aliphatic heterocycles. The molecule has 108 valence electrons. The first-order valence-electron chi connectivity index (χ1n) is 6.48. The number of carbonyl (C=O) groups is 1. The molecule has 0 spiro atoms. The first-order valence-corrected chi connectivity index (χ1v) is 7.43. The lowest BCUT2D eigenvalue weighted by Gasteiger charge is -2.23. The molecule has 0 fully saturated rings. The van der Waals surface area contributed by atoms with Gasteiger partial charge < -0.3 is 10.4 Å². The van der Waals surface area contributed by atoms with Crippen LogP contribution in [0.3, 0.4) is 0 Å². The normalized spacial score (nSPS) is 14.2. The third kappa shape index (κ3) is 3.08. The fourth-order valence-electron chi connectivity index (χ4n) is 1.92.